The quantitative estimate of drug-likeness (QED) is 0.642. The summed E-state index contributed by atoms with van der Waals surface area (Å²) in [4.78, 5) is 23.4. The topological polar surface area (TPSA) is 69.6 Å². The first-order chi connectivity index (χ1) is 6.91. The minimum Gasteiger partial charge on any atom is -0.481 e. The molecule has 0 saturated carbocycles. The lowest BCUT2D eigenvalue weighted by Gasteiger charge is -2.15. The van der Waals surface area contributed by atoms with Gasteiger partial charge in [-0.25, -0.2) is 0 Å². The van der Waals surface area contributed by atoms with Crippen molar-refractivity contribution in [3.05, 3.63) is 0 Å². The number of hydrogen-bond donors (Lipinski definition) is 2. The number of carboxylic acids is 1. The number of amides is 1. The van der Waals surface area contributed by atoms with Gasteiger partial charge in [-0.1, -0.05) is 0 Å². The Kier molecular flexibility index (Phi) is 6.70. The van der Waals surface area contributed by atoms with Gasteiger partial charge in [-0.15, -0.1) is 0 Å². The third kappa shape index (κ3) is 9.21. The second-order valence-electron chi connectivity index (χ2n) is 3.92. The highest BCUT2D eigenvalue weighted by atomic mass is 16.4. The molecule has 0 aromatic rings. The van der Waals surface area contributed by atoms with Gasteiger partial charge in [-0.2, -0.15) is 0 Å². The summed E-state index contributed by atoms with van der Waals surface area (Å²) in [5.74, 6) is -0.805. The summed E-state index contributed by atoms with van der Waals surface area (Å²) in [6.07, 6.45) is 0.524. The normalized spacial score (nSPS) is 10.7. The number of carbonyl (C=O) groups excluding carboxylic acids is 1. The highest BCUT2D eigenvalue weighted by molar-refractivity contribution is 5.76. The third-order valence-electron chi connectivity index (χ3n) is 1.88. The van der Waals surface area contributed by atoms with Crippen molar-refractivity contribution < 1.29 is 14.7 Å². The van der Waals surface area contributed by atoms with Crippen molar-refractivity contribution >= 4 is 11.9 Å². The molecule has 88 valence electrons. The van der Waals surface area contributed by atoms with Gasteiger partial charge < -0.3 is 15.3 Å². The predicted octanol–water partition coefficient (Wildman–Crippen LogP) is 0.308. The number of carboxylic acid groups (broad SMARTS) is 1. The van der Waals surface area contributed by atoms with Crippen LogP contribution in [0.1, 0.15) is 26.7 Å². The second kappa shape index (κ2) is 7.23. The van der Waals surface area contributed by atoms with Crippen LogP contribution in [-0.4, -0.2) is 48.1 Å². The highest BCUT2D eigenvalue weighted by Crippen LogP contribution is 1.91. The van der Waals surface area contributed by atoms with E-state index in [1.807, 2.05) is 25.8 Å². The first-order valence-corrected chi connectivity index (χ1v) is 5.11. The smallest absolute Gasteiger partial charge is 0.304 e. The fourth-order valence-electron chi connectivity index (χ4n) is 1.08. The molecule has 0 bridgehead atoms. The molecule has 1 amide bonds. The Hall–Kier alpha value is -1.10. The number of nitrogens with one attached hydrogen (secondary N) is 1. The molecule has 0 radical (unpaired) electrons. The number of hydrogen-bond acceptors (Lipinski definition) is 3. The number of aliphatic carboxylic acids is 1. The molecule has 2 N–H and O–H groups in total. The standard InChI is InChI=1S/C10H20N2O3/c1-8(2)11-9(13)4-6-12(3)7-5-10(14)15/h8H,4-7H2,1-3H3,(H,11,13)(H,14,15). The van der Waals surface area contributed by atoms with Gasteiger partial charge in [-0.3, -0.25) is 9.59 Å². The number of carbonyl (C=O) groups is 2. The minimum atomic E-state index is -0.812. The highest BCUT2D eigenvalue weighted by Gasteiger charge is 2.06. The second-order valence-corrected chi connectivity index (χ2v) is 3.92. The van der Waals surface area contributed by atoms with Crippen LogP contribution in [0.3, 0.4) is 0 Å². The van der Waals surface area contributed by atoms with Crippen molar-refractivity contribution in [1.29, 1.82) is 0 Å². The SMILES string of the molecule is CC(C)NC(=O)CCN(C)CCC(=O)O. The van der Waals surface area contributed by atoms with Crippen molar-refractivity contribution in [2.24, 2.45) is 0 Å². The van der Waals surface area contributed by atoms with Crippen LogP contribution >= 0.6 is 0 Å². The molecule has 0 aliphatic carbocycles. The Morgan fingerprint density at radius 3 is 2.27 bits per heavy atom. The molecule has 0 spiro atoms. The molecule has 0 atom stereocenters. The van der Waals surface area contributed by atoms with Gasteiger partial charge in [0.15, 0.2) is 0 Å². The van der Waals surface area contributed by atoms with Gasteiger partial charge in [-0.05, 0) is 20.9 Å². The van der Waals surface area contributed by atoms with Crippen molar-refractivity contribution in [1.82, 2.24) is 10.2 Å². The molecule has 0 aromatic carbocycles. The van der Waals surface area contributed by atoms with Crippen molar-refractivity contribution in [2.45, 2.75) is 32.7 Å². The zero-order chi connectivity index (χ0) is 11.8. The average molecular weight is 216 g/mol. The summed E-state index contributed by atoms with van der Waals surface area (Å²) in [5.41, 5.74) is 0. The van der Waals surface area contributed by atoms with Gasteiger partial charge in [0, 0.05) is 25.6 Å². The molecule has 0 aromatic heterocycles. The van der Waals surface area contributed by atoms with Crippen molar-refractivity contribution in [2.75, 3.05) is 20.1 Å². The summed E-state index contributed by atoms with van der Waals surface area (Å²) in [6, 6.07) is 0.154. The fourth-order valence-corrected chi connectivity index (χ4v) is 1.08. The van der Waals surface area contributed by atoms with Crippen LogP contribution in [0.2, 0.25) is 0 Å². The molecular formula is C10H20N2O3. The average Bonchev–Trinajstić information content (AvgIpc) is 2.10. The Morgan fingerprint density at radius 2 is 1.80 bits per heavy atom. The molecule has 0 rings (SSSR count). The van der Waals surface area contributed by atoms with Crippen LogP contribution in [0.15, 0.2) is 0 Å². The molecule has 5 nitrogen and oxygen atoms in total. The first kappa shape index (κ1) is 13.9. The molecule has 0 heterocycles. The van der Waals surface area contributed by atoms with E-state index >= 15 is 0 Å². The van der Waals surface area contributed by atoms with Crippen LogP contribution in [0.25, 0.3) is 0 Å². The van der Waals surface area contributed by atoms with E-state index in [2.05, 4.69) is 5.32 Å². The van der Waals surface area contributed by atoms with Crippen LogP contribution in [0.4, 0.5) is 0 Å². The molecule has 0 fully saturated rings. The zero-order valence-electron chi connectivity index (χ0n) is 9.62. The van der Waals surface area contributed by atoms with E-state index in [4.69, 9.17) is 5.11 Å². The first-order valence-electron chi connectivity index (χ1n) is 5.11. The van der Waals surface area contributed by atoms with E-state index in [0.29, 0.717) is 19.5 Å². The zero-order valence-corrected chi connectivity index (χ0v) is 9.62. The van der Waals surface area contributed by atoms with Crippen LogP contribution in [0, 0.1) is 0 Å². The summed E-state index contributed by atoms with van der Waals surface area (Å²) in [6.45, 7) is 4.88. The Labute approximate surface area is 90.5 Å². The maximum atomic E-state index is 11.2. The molecule has 0 aliphatic rings. The van der Waals surface area contributed by atoms with Crippen molar-refractivity contribution in [3.63, 3.8) is 0 Å². The summed E-state index contributed by atoms with van der Waals surface area (Å²) in [7, 11) is 1.81. The molecule has 15 heavy (non-hydrogen) atoms. The molecule has 0 unspecified atom stereocenters. The van der Waals surface area contributed by atoms with Crippen LogP contribution in [0.5, 0.6) is 0 Å². The van der Waals surface area contributed by atoms with Gasteiger partial charge in [0.1, 0.15) is 0 Å². The number of rotatable bonds is 7. The van der Waals surface area contributed by atoms with E-state index in [0.717, 1.165) is 0 Å². The van der Waals surface area contributed by atoms with Crippen LogP contribution < -0.4 is 5.32 Å². The van der Waals surface area contributed by atoms with E-state index in [-0.39, 0.29) is 18.4 Å². The number of nitrogens with zero attached hydrogens (tertiary/aromatic N) is 1. The Morgan fingerprint density at radius 1 is 1.27 bits per heavy atom. The van der Waals surface area contributed by atoms with E-state index in [9.17, 15) is 9.59 Å². The van der Waals surface area contributed by atoms with E-state index < -0.39 is 5.97 Å². The van der Waals surface area contributed by atoms with Gasteiger partial charge in [0.05, 0.1) is 6.42 Å². The van der Waals surface area contributed by atoms with E-state index in [1.165, 1.54) is 0 Å². The monoisotopic (exact) mass is 216 g/mol. The maximum Gasteiger partial charge on any atom is 0.304 e. The van der Waals surface area contributed by atoms with Gasteiger partial charge in [0.2, 0.25) is 5.91 Å². The van der Waals surface area contributed by atoms with E-state index in [1.54, 1.807) is 0 Å². The van der Waals surface area contributed by atoms with Crippen molar-refractivity contribution in [3.8, 4) is 0 Å². The Bertz CT molecular complexity index is 217. The largest absolute Gasteiger partial charge is 0.481 e. The Balaban J connectivity index is 3.57. The van der Waals surface area contributed by atoms with Gasteiger partial charge >= 0.3 is 5.97 Å². The van der Waals surface area contributed by atoms with Gasteiger partial charge in [0.25, 0.3) is 0 Å². The summed E-state index contributed by atoms with van der Waals surface area (Å²) >= 11 is 0. The lowest BCUT2D eigenvalue weighted by Crippen LogP contribution is -2.33. The third-order valence-corrected chi connectivity index (χ3v) is 1.88. The molecule has 0 saturated heterocycles. The maximum absolute atomic E-state index is 11.2. The summed E-state index contributed by atoms with van der Waals surface area (Å²) in [5, 5.41) is 11.2. The lowest BCUT2D eigenvalue weighted by atomic mass is 10.3. The predicted molar refractivity (Wildman–Crippen MR) is 57.6 cm³/mol. The lowest BCUT2D eigenvalue weighted by molar-refractivity contribution is -0.137. The minimum absolute atomic E-state index is 0.00664. The molecule has 0 aliphatic heterocycles. The van der Waals surface area contributed by atoms with Crippen LogP contribution in [-0.2, 0) is 9.59 Å². The summed E-state index contributed by atoms with van der Waals surface area (Å²) < 4.78 is 0. The molecular weight excluding hydrogens is 196 g/mol. The fraction of sp³-hybridized carbons (Fsp3) is 0.800. The molecule has 5 heteroatoms.